The first kappa shape index (κ1) is 15.9. The highest BCUT2D eigenvalue weighted by Gasteiger charge is 2.29. The summed E-state index contributed by atoms with van der Waals surface area (Å²) in [6.07, 6.45) is 0.368. The van der Waals surface area contributed by atoms with Gasteiger partial charge >= 0.3 is 0 Å². The van der Waals surface area contributed by atoms with Gasteiger partial charge in [-0.2, -0.15) is 0 Å². The first-order valence-corrected chi connectivity index (χ1v) is 8.12. The lowest BCUT2D eigenvalue weighted by atomic mass is 9.97. The molecule has 4 heteroatoms. The van der Waals surface area contributed by atoms with Gasteiger partial charge in [-0.05, 0) is 27.2 Å². The van der Waals surface area contributed by atoms with Gasteiger partial charge in [-0.25, -0.2) is 8.42 Å². The Morgan fingerprint density at radius 1 is 1.16 bits per heavy atom. The number of Topliss-reactive ketones (excluding diaryl/α,β-unsaturated/α-hetero) is 1. The zero-order chi connectivity index (χ0) is 14.7. The monoisotopic (exact) mass is 282 g/mol. The zero-order valence-corrected chi connectivity index (χ0v) is 12.8. The van der Waals surface area contributed by atoms with Gasteiger partial charge in [0, 0.05) is 11.5 Å². The molecule has 0 heterocycles. The second-order valence-corrected chi connectivity index (χ2v) is 8.71. The summed E-state index contributed by atoms with van der Waals surface area (Å²) in [6, 6.07) is 9.00. The summed E-state index contributed by atoms with van der Waals surface area (Å²) in [6.45, 7) is 6.84. The number of hydrogen-bond donors (Lipinski definition) is 0. The van der Waals surface area contributed by atoms with Crippen molar-refractivity contribution in [3.8, 4) is 0 Å². The Bertz CT molecular complexity index is 524. The molecule has 3 nitrogen and oxygen atoms in total. The molecule has 0 aromatic heterocycles. The van der Waals surface area contributed by atoms with Crippen molar-refractivity contribution in [1.82, 2.24) is 0 Å². The summed E-state index contributed by atoms with van der Waals surface area (Å²) in [4.78, 5) is 12.1. The molecule has 1 aromatic carbocycles. The zero-order valence-electron chi connectivity index (χ0n) is 12.0. The van der Waals surface area contributed by atoms with E-state index in [2.05, 4.69) is 0 Å². The van der Waals surface area contributed by atoms with E-state index in [1.807, 2.05) is 18.2 Å². The number of ketones is 1. The quantitative estimate of drug-likeness (QED) is 0.780. The molecule has 0 aliphatic carbocycles. The van der Waals surface area contributed by atoms with Crippen LogP contribution in [-0.2, 0) is 9.84 Å². The maximum absolute atomic E-state index is 12.1. The predicted molar refractivity (Wildman–Crippen MR) is 78.1 cm³/mol. The van der Waals surface area contributed by atoms with Crippen molar-refractivity contribution in [3.63, 3.8) is 0 Å². The smallest absolute Gasteiger partial charge is 0.165 e. The summed E-state index contributed by atoms with van der Waals surface area (Å²) in [5.74, 6) is -0.222. The van der Waals surface area contributed by atoms with E-state index in [4.69, 9.17) is 0 Å². The largest absolute Gasteiger partial charge is 0.294 e. The molecule has 0 aliphatic rings. The van der Waals surface area contributed by atoms with Gasteiger partial charge in [-0.1, -0.05) is 37.3 Å². The molecule has 19 heavy (non-hydrogen) atoms. The molecule has 0 saturated carbocycles. The lowest BCUT2D eigenvalue weighted by Gasteiger charge is -2.20. The van der Waals surface area contributed by atoms with E-state index in [9.17, 15) is 13.2 Å². The van der Waals surface area contributed by atoms with Gasteiger partial charge < -0.3 is 0 Å². The number of carbonyl (C=O) groups is 1. The molecule has 0 N–H and O–H groups in total. The summed E-state index contributed by atoms with van der Waals surface area (Å²) < 4.78 is 23.2. The molecule has 1 aromatic rings. The van der Waals surface area contributed by atoms with E-state index in [1.54, 1.807) is 39.8 Å². The Morgan fingerprint density at radius 2 is 1.68 bits per heavy atom. The lowest BCUT2D eigenvalue weighted by molar-refractivity contribution is 0.0927. The minimum Gasteiger partial charge on any atom is -0.294 e. The summed E-state index contributed by atoms with van der Waals surface area (Å²) in [7, 11) is -3.16. The molecule has 0 amide bonds. The van der Waals surface area contributed by atoms with Crippen LogP contribution >= 0.6 is 0 Å². The van der Waals surface area contributed by atoms with Crippen LogP contribution < -0.4 is 0 Å². The van der Waals surface area contributed by atoms with Crippen LogP contribution in [0.1, 0.15) is 44.5 Å². The third kappa shape index (κ3) is 4.16. The van der Waals surface area contributed by atoms with Crippen LogP contribution in [0.25, 0.3) is 0 Å². The Kier molecular flexibility index (Phi) is 4.91. The number of benzene rings is 1. The van der Waals surface area contributed by atoms with Crippen LogP contribution in [0.2, 0.25) is 0 Å². The fourth-order valence-electron chi connectivity index (χ4n) is 1.66. The highest BCUT2D eigenvalue weighted by molar-refractivity contribution is 7.92. The van der Waals surface area contributed by atoms with Crippen molar-refractivity contribution in [2.24, 2.45) is 5.92 Å². The van der Waals surface area contributed by atoms with Crippen LogP contribution in [0.15, 0.2) is 30.3 Å². The van der Waals surface area contributed by atoms with Gasteiger partial charge in [0.15, 0.2) is 15.6 Å². The lowest BCUT2D eigenvalue weighted by Crippen LogP contribution is -2.31. The molecule has 0 bridgehead atoms. The molecular formula is C15H22O3S. The maximum atomic E-state index is 12.1. The SMILES string of the molecule is CC(CCS(=O)(=O)C(C)(C)C)C(=O)c1ccccc1. The molecule has 0 saturated heterocycles. The Balaban J connectivity index is 2.67. The Hall–Kier alpha value is -1.16. The van der Waals surface area contributed by atoms with Crippen LogP contribution in [0, 0.1) is 5.92 Å². The van der Waals surface area contributed by atoms with Gasteiger partial charge in [0.05, 0.1) is 10.5 Å². The van der Waals surface area contributed by atoms with Gasteiger partial charge in [0.25, 0.3) is 0 Å². The fraction of sp³-hybridized carbons (Fsp3) is 0.533. The third-order valence-electron chi connectivity index (χ3n) is 3.26. The topological polar surface area (TPSA) is 51.2 Å². The van der Waals surface area contributed by atoms with E-state index in [1.165, 1.54) is 0 Å². The van der Waals surface area contributed by atoms with Crippen LogP contribution in [-0.4, -0.2) is 24.7 Å². The Labute approximate surface area is 116 Å². The van der Waals surface area contributed by atoms with E-state index in [0.29, 0.717) is 12.0 Å². The van der Waals surface area contributed by atoms with E-state index in [0.717, 1.165) is 0 Å². The first-order chi connectivity index (χ1) is 8.65. The molecule has 0 spiro atoms. The minimum atomic E-state index is -3.16. The van der Waals surface area contributed by atoms with Crippen LogP contribution in [0.3, 0.4) is 0 Å². The van der Waals surface area contributed by atoms with Gasteiger partial charge in [-0.15, -0.1) is 0 Å². The average molecular weight is 282 g/mol. The van der Waals surface area contributed by atoms with E-state index >= 15 is 0 Å². The minimum absolute atomic E-state index is 0.00436. The predicted octanol–water partition coefficient (Wildman–Crippen LogP) is 3.11. The van der Waals surface area contributed by atoms with E-state index < -0.39 is 14.6 Å². The van der Waals surface area contributed by atoms with Gasteiger partial charge in [0.1, 0.15) is 0 Å². The van der Waals surface area contributed by atoms with Crippen molar-refractivity contribution >= 4 is 15.6 Å². The van der Waals surface area contributed by atoms with Gasteiger partial charge in [-0.3, -0.25) is 4.79 Å². The molecule has 1 rings (SSSR count). The molecule has 1 unspecified atom stereocenters. The normalized spacial score (nSPS) is 14.1. The number of rotatable bonds is 5. The molecule has 106 valence electrons. The van der Waals surface area contributed by atoms with Crippen molar-refractivity contribution < 1.29 is 13.2 Å². The summed E-state index contributed by atoms with van der Waals surface area (Å²) in [5.41, 5.74) is 0.642. The average Bonchev–Trinajstić information content (AvgIpc) is 2.35. The van der Waals surface area contributed by atoms with Crippen molar-refractivity contribution in [3.05, 3.63) is 35.9 Å². The second-order valence-electron chi connectivity index (χ2n) is 5.85. The summed E-state index contributed by atoms with van der Waals surface area (Å²) in [5, 5.41) is 0. The fourth-order valence-corrected chi connectivity index (χ4v) is 2.93. The standard InChI is InChI=1S/C15H22O3S/c1-12(10-11-19(17,18)15(2,3)4)14(16)13-8-6-5-7-9-13/h5-9,12H,10-11H2,1-4H3. The molecule has 0 aliphatic heterocycles. The Morgan fingerprint density at radius 3 is 2.16 bits per heavy atom. The summed E-state index contributed by atoms with van der Waals surface area (Å²) >= 11 is 0. The molecule has 1 atom stereocenters. The van der Waals surface area contributed by atoms with E-state index in [-0.39, 0.29) is 17.5 Å². The third-order valence-corrected chi connectivity index (χ3v) is 5.90. The molecular weight excluding hydrogens is 260 g/mol. The van der Waals surface area contributed by atoms with Gasteiger partial charge in [0.2, 0.25) is 0 Å². The maximum Gasteiger partial charge on any atom is 0.165 e. The highest BCUT2D eigenvalue weighted by Crippen LogP contribution is 2.20. The second kappa shape index (κ2) is 5.87. The van der Waals surface area contributed by atoms with Crippen LogP contribution in [0.5, 0.6) is 0 Å². The van der Waals surface area contributed by atoms with Crippen molar-refractivity contribution in [2.75, 3.05) is 5.75 Å². The van der Waals surface area contributed by atoms with Crippen molar-refractivity contribution in [1.29, 1.82) is 0 Å². The number of carbonyl (C=O) groups excluding carboxylic acids is 1. The number of sulfone groups is 1. The van der Waals surface area contributed by atoms with Crippen molar-refractivity contribution in [2.45, 2.75) is 38.9 Å². The first-order valence-electron chi connectivity index (χ1n) is 6.47. The number of hydrogen-bond acceptors (Lipinski definition) is 3. The molecule has 0 fully saturated rings. The molecule has 0 radical (unpaired) electrons. The highest BCUT2D eigenvalue weighted by atomic mass is 32.2. The van der Waals surface area contributed by atoms with Crippen LogP contribution in [0.4, 0.5) is 0 Å².